The van der Waals surface area contributed by atoms with Crippen molar-refractivity contribution in [3.8, 4) is 0 Å². The molecule has 3 heterocycles. The molecule has 2 bridgehead atoms. The zero-order valence-electron chi connectivity index (χ0n) is 13.7. The van der Waals surface area contributed by atoms with Crippen LogP contribution < -0.4 is 0 Å². The van der Waals surface area contributed by atoms with Crippen LogP contribution >= 0.6 is 23.2 Å². The third kappa shape index (κ3) is 2.87. The van der Waals surface area contributed by atoms with Crippen LogP contribution in [0.5, 0.6) is 0 Å². The Labute approximate surface area is 157 Å². The fraction of sp³-hybridized carbons (Fsp3) is 0.389. The standard InChI is InChI=1S/C18H18Cl2N2O2S/c1-11-2-5-13(6-3-11)25(23,24)22-12-4-8-16(22)15(10-12)14-7-9-17(19)21-18(14)20/h2-3,5-7,9,12,15-16H,4,8,10H2,1H3/t12-,15+,16+/m0/s1. The molecule has 4 nitrogen and oxygen atoms in total. The third-order valence-electron chi connectivity index (χ3n) is 5.31. The van der Waals surface area contributed by atoms with Crippen molar-refractivity contribution in [3.63, 3.8) is 0 Å². The van der Waals surface area contributed by atoms with Gasteiger partial charge in [0.25, 0.3) is 0 Å². The van der Waals surface area contributed by atoms with Crippen LogP contribution in [0.4, 0.5) is 0 Å². The number of hydrogen-bond donors (Lipinski definition) is 0. The second-order valence-corrected chi connectivity index (χ2v) is 9.39. The first kappa shape index (κ1) is 17.3. The van der Waals surface area contributed by atoms with E-state index in [4.69, 9.17) is 23.2 Å². The highest BCUT2D eigenvalue weighted by Crippen LogP contribution is 2.50. The molecule has 0 N–H and O–H groups in total. The van der Waals surface area contributed by atoms with E-state index < -0.39 is 10.0 Å². The van der Waals surface area contributed by atoms with E-state index >= 15 is 0 Å². The van der Waals surface area contributed by atoms with Crippen LogP contribution in [0.1, 0.15) is 36.3 Å². The number of nitrogens with zero attached hydrogens (tertiary/aromatic N) is 2. The summed E-state index contributed by atoms with van der Waals surface area (Å²) < 4.78 is 28.1. The molecule has 0 unspecified atom stereocenters. The molecule has 25 heavy (non-hydrogen) atoms. The molecule has 2 aliphatic heterocycles. The van der Waals surface area contributed by atoms with Crippen LogP contribution in [0, 0.1) is 6.92 Å². The van der Waals surface area contributed by atoms with E-state index in [9.17, 15) is 8.42 Å². The lowest BCUT2D eigenvalue weighted by atomic mass is 9.85. The van der Waals surface area contributed by atoms with Gasteiger partial charge in [-0.1, -0.05) is 47.0 Å². The van der Waals surface area contributed by atoms with Gasteiger partial charge >= 0.3 is 0 Å². The van der Waals surface area contributed by atoms with Crippen molar-refractivity contribution < 1.29 is 8.42 Å². The monoisotopic (exact) mass is 396 g/mol. The summed E-state index contributed by atoms with van der Waals surface area (Å²) in [6, 6.07) is 10.6. The number of fused-ring (bicyclic) bond motifs is 2. The Hall–Kier alpha value is -1.14. The Balaban J connectivity index is 1.70. The number of halogens is 2. The maximum Gasteiger partial charge on any atom is 0.243 e. The average Bonchev–Trinajstić information content (AvgIpc) is 3.14. The normalized spacial score (nSPS) is 26.3. The zero-order chi connectivity index (χ0) is 17.8. The molecule has 0 spiro atoms. The highest BCUT2D eigenvalue weighted by molar-refractivity contribution is 7.89. The van der Waals surface area contributed by atoms with Gasteiger partial charge in [-0.2, -0.15) is 4.31 Å². The highest BCUT2D eigenvalue weighted by Gasteiger charge is 2.52. The molecule has 0 amide bonds. The molecule has 7 heteroatoms. The summed E-state index contributed by atoms with van der Waals surface area (Å²) in [5, 5.41) is 0.721. The van der Waals surface area contributed by atoms with Crippen LogP contribution in [0.2, 0.25) is 10.3 Å². The molecule has 2 fully saturated rings. The Morgan fingerprint density at radius 2 is 1.80 bits per heavy atom. The van der Waals surface area contributed by atoms with Gasteiger partial charge in [0, 0.05) is 18.0 Å². The first-order valence-electron chi connectivity index (χ1n) is 8.30. The Morgan fingerprint density at radius 1 is 1.08 bits per heavy atom. The Kier molecular flexibility index (Phi) is 4.31. The van der Waals surface area contributed by atoms with Gasteiger partial charge in [-0.05, 0) is 49.9 Å². The van der Waals surface area contributed by atoms with E-state index in [2.05, 4.69) is 4.98 Å². The minimum atomic E-state index is -3.51. The first-order chi connectivity index (χ1) is 11.9. The van der Waals surface area contributed by atoms with Crippen LogP contribution in [0.3, 0.4) is 0 Å². The lowest BCUT2D eigenvalue weighted by Crippen LogP contribution is -2.36. The van der Waals surface area contributed by atoms with Crippen molar-refractivity contribution in [3.05, 3.63) is 57.8 Å². The minimum absolute atomic E-state index is 0.0213. The Morgan fingerprint density at radius 3 is 2.48 bits per heavy atom. The lowest BCUT2D eigenvalue weighted by Gasteiger charge is -2.24. The summed E-state index contributed by atoms with van der Waals surface area (Å²) in [7, 11) is -3.51. The zero-order valence-corrected chi connectivity index (χ0v) is 16.0. The van der Waals surface area contributed by atoms with E-state index in [1.54, 1.807) is 22.5 Å². The van der Waals surface area contributed by atoms with E-state index in [0.29, 0.717) is 15.2 Å². The predicted molar refractivity (Wildman–Crippen MR) is 98.6 cm³/mol. The van der Waals surface area contributed by atoms with Gasteiger partial charge in [-0.25, -0.2) is 13.4 Å². The summed E-state index contributed by atoms with van der Waals surface area (Å²) in [5.74, 6) is 0.0660. The number of aryl methyl sites for hydroxylation is 1. The third-order valence-corrected chi connectivity index (χ3v) is 7.82. The molecular formula is C18H18Cl2N2O2S. The summed E-state index contributed by atoms with van der Waals surface area (Å²) in [4.78, 5) is 4.48. The fourth-order valence-electron chi connectivity index (χ4n) is 4.18. The van der Waals surface area contributed by atoms with Crippen LogP contribution in [-0.2, 0) is 10.0 Å². The second kappa shape index (κ2) is 6.23. The molecule has 4 rings (SSSR count). The van der Waals surface area contributed by atoms with Crippen LogP contribution in [0.15, 0.2) is 41.3 Å². The number of pyridine rings is 1. The van der Waals surface area contributed by atoms with E-state index in [-0.39, 0.29) is 18.0 Å². The number of benzene rings is 1. The Bertz CT molecular complexity index is 915. The molecule has 132 valence electrons. The highest BCUT2D eigenvalue weighted by atomic mass is 35.5. The number of rotatable bonds is 3. The fourth-order valence-corrected chi connectivity index (χ4v) is 6.58. The van der Waals surface area contributed by atoms with E-state index in [1.807, 2.05) is 25.1 Å². The maximum atomic E-state index is 13.2. The molecular weight excluding hydrogens is 379 g/mol. The second-order valence-electron chi connectivity index (χ2n) is 6.80. The molecule has 2 saturated heterocycles. The quantitative estimate of drug-likeness (QED) is 0.721. The van der Waals surface area contributed by atoms with Crippen LogP contribution in [-0.4, -0.2) is 29.8 Å². The average molecular weight is 397 g/mol. The number of aromatic nitrogens is 1. The molecule has 1 aromatic heterocycles. The molecule has 2 aliphatic rings. The molecule has 2 aromatic rings. The first-order valence-corrected chi connectivity index (χ1v) is 10.5. The van der Waals surface area contributed by atoms with Gasteiger partial charge in [0.05, 0.1) is 4.90 Å². The van der Waals surface area contributed by atoms with Crippen molar-refractivity contribution in [2.45, 2.75) is 49.1 Å². The van der Waals surface area contributed by atoms with E-state index in [1.165, 1.54) is 0 Å². The summed E-state index contributed by atoms with van der Waals surface area (Å²) >= 11 is 12.2. The smallest absolute Gasteiger partial charge is 0.224 e. The molecule has 0 aliphatic carbocycles. The van der Waals surface area contributed by atoms with E-state index in [0.717, 1.165) is 30.4 Å². The van der Waals surface area contributed by atoms with Gasteiger partial charge in [-0.15, -0.1) is 0 Å². The molecule has 0 radical (unpaired) electrons. The van der Waals surface area contributed by atoms with Gasteiger partial charge in [0.2, 0.25) is 10.0 Å². The summed E-state index contributed by atoms with van der Waals surface area (Å²) in [5.41, 5.74) is 1.93. The maximum absolute atomic E-state index is 13.2. The molecule has 3 atom stereocenters. The predicted octanol–water partition coefficient (Wildman–Crippen LogP) is 4.41. The number of hydrogen-bond acceptors (Lipinski definition) is 3. The van der Waals surface area contributed by atoms with Gasteiger partial charge in [0.15, 0.2) is 0 Å². The largest absolute Gasteiger partial charge is 0.243 e. The van der Waals surface area contributed by atoms with Crippen molar-refractivity contribution in [1.29, 1.82) is 0 Å². The SMILES string of the molecule is Cc1ccc(S(=O)(=O)N2[C@H]3CC[C@@H]2[C@@H](c2ccc(Cl)nc2Cl)C3)cc1. The van der Waals surface area contributed by atoms with Crippen molar-refractivity contribution in [2.24, 2.45) is 0 Å². The summed E-state index contributed by atoms with van der Waals surface area (Å²) in [6.07, 6.45) is 2.52. The lowest BCUT2D eigenvalue weighted by molar-refractivity contribution is 0.388. The van der Waals surface area contributed by atoms with Crippen molar-refractivity contribution >= 4 is 33.2 Å². The molecule has 1 aromatic carbocycles. The van der Waals surface area contributed by atoms with Gasteiger partial charge in [-0.3, -0.25) is 0 Å². The minimum Gasteiger partial charge on any atom is -0.224 e. The van der Waals surface area contributed by atoms with Crippen LogP contribution in [0.25, 0.3) is 0 Å². The van der Waals surface area contributed by atoms with Crippen molar-refractivity contribution in [1.82, 2.24) is 9.29 Å². The topological polar surface area (TPSA) is 50.3 Å². The van der Waals surface area contributed by atoms with Gasteiger partial charge in [0.1, 0.15) is 10.3 Å². The summed E-state index contributed by atoms with van der Waals surface area (Å²) in [6.45, 7) is 1.95. The number of sulfonamides is 1. The van der Waals surface area contributed by atoms with Gasteiger partial charge < -0.3 is 0 Å². The van der Waals surface area contributed by atoms with Crippen molar-refractivity contribution in [2.75, 3.05) is 0 Å². The molecule has 0 saturated carbocycles.